The van der Waals surface area contributed by atoms with Crippen LogP contribution in [0.25, 0.3) is 0 Å². The van der Waals surface area contributed by atoms with Gasteiger partial charge in [-0.25, -0.2) is 4.39 Å². The Balaban J connectivity index is 1.65. The lowest BCUT2D eigenvalue weighted by Crippen LogP contribution is -2.12. The Morgan fingerprint density at radius 1 is 1.16 bits per heavy atom. The van der Waals surface area contributed by atoms with E-state index in [9.17, 15) is 19.3 Å². The van der Waals surface area contributed by atoms with Crippen molar-refractivity contribution in [3.63, 3.8) is 0 Å². The van der Waals surface area contributed by atoms with Gasteiger partial charge in [-0.3, -0.25) is 19.6 Å². The van der Waals surface area contributed by atoms with Gasteiger partial charge < -0.3 is 5.32 Å². The molecule has 0 unspecified atom stereocenters. The third-order valence-electron chi connectivity index (χ3n) is 3.49. The lowest BCUT2D eigenvalue weighted by Gasteiger charge is -2.06. The number of anilines is 1. The van der Waals surface area contributed by atoms with Gasteiger partial charge in [-0.05, 0) is 42.0 Å². The van der Waals surface area contributed by atoms with Crippen LogP contribution in [0.5, 0.6) is 0 Å². The average Bonchev–Trinajstić information content (AvgIpc) is 3.06. The van der Waals surface area contributed by atoms with Crippen LogP contribution in [0, 0.1) is 15.9 Å². The Hall–Kier alpha value is -3.55. The molecular weight excluding hydrogens is 327 g/mol. The second kappa shape index (κ2) is 6.91. The van der Waals surface area contributed by atoms with Gasteiger partial charge in [-0.1, -0.05) is 12.1 Å². The van der Waals surface area contributed by atoms with Crippen LogP contribution in [0.3, 0.4) is 0 Å². The Morgan fingerprint density at radius 2 is 1.84 bits per heavy atom. The van der Waals surface area contributed by atoms with Crippen LogP contribution in [0.4, 0.5) is 15.8 Å². The van der Waals surface area contributed by atoms with Gasteiger partial charge in [0.15, 0.2) is 0 Å². The molecule has 0 atom stereocenters. The van der Waals surface area contributed by atoms with Crippen LogP contribution in [0.1, 0.15) is 15.9 Å². The minimum absolute atomic E-state index is 0.0738. The number of aromatic nitrogens is 2. The summed E-state index contributed by atoms with van der Waals surface area (Å²) in [5, 5.41) is 17.2. The van der Waals surface area contributed by atoms with Gasteiger partial charge in [0, 0.05) is 11.3 Å². The van der Waals surface area contributed by atoms with Gasteiger partial charge in [0.1, 0.15) is 18.2 Å². The quantitative estimate of drug-likeness (QED) is 0.570. The first-order valence-corrected chi connectivity index (χ1v) is 7.34. The number of hydrogen-bond acceptors (Lipinski definition) is 4. The number of nitrogens with one attached hydrogen (secondary N) is 1. The van der Waals surface area contributed by atoms with Crippen molar-refractivity contribution in [2.75, 3.05) is 5.32 Å². The molecule has 3 rings (SSSR count). The fourth-order valence-corrected chi connectivity index (χ4v) is 2.22. The molecule has 0 radical (unpaired) electrons. The molecule has 0 spiro atoms. The number of carbonyl (C=O) groups excluding carboxylic acids is 1. The van der Waals surface area contributed by atoms with Crippen LogP contribution in [0.2, 0.25) is 0 Å². The molecule has 1 aromatic heterocycles. The fraction of sp³-hybridized carbons (Fsp3) is 0.0588. The maximum Gasteiger partial charge on any atom is 0.307 e. The van der Waals surface area contributed by atoms with E-state index in [0.717, 1.165) is 5.56 Å². The lowest BCUT2D eigenvalue weighted by atomic mass is 10.1. The van der Waals surface area contributed by atoms with E-state index >= 15 is 0 Å². The molecule has 0 saturated heterocycles. The maximum atomic E-state index is 12.9. The molecule has 1 N–H and O–H groups in total. The van der Waals surface area contributed by atoms with E-state index < -0.39 is 4.92 Å². The summed E-state index contributed by atoms with van der Waals surface area (Å²) < 4.78 is 14.3. The molecule has 126 valence electrons. The Morgan fingerprint density at radius 3 is 2.44 bits per heavy atom. The smallest absolute Gasteiger partial charge is 0.307 e. The summed E-state index contributed by atoms with van der Waals surface area (Å²) >= 11 is 0. The molecular formula is C17H13FN4O3. The highest BCUT2D eigenvalue weighted by molar-refractivity contribution is 6.04. The molecule has 8 heteroatoms. The SMILES string of the molecule is O=C(Nc1ccc(F)cc1)c1ccc(Cn2cc([N+](=O)[O-])cn2)cc1. The van der Waals surface area contributed by atoms with Crippen molar-refractivity contribution in [2.24, 2.45) is 0 Å². The molecule has 0 aliphatic rings. The zero-order valence-electron chi connectivity index (χ0n) is 12.9. The van der Waals surface area contributed by atoms with Crippen molar-refractivity contribution in [2.45, 2.75) is 6.54 Å². The van der Waals surface area contributed by atoms with E-state index in [1.54, 1.807) is 24.3 Å². The molecule has 25 heavy (non-hydrogen) atoms. The van der Waals surface area contributed by atoms with Crippen LogP contribution in [-0.4, -0.2) is 20.6 Å². The second-order valence-electron chi connectivity index (χ2n) is 5.31. The van der Waals surface area contributed by atoms with Crippen LogP contribution >= 0.6 is 0 Å². The summed E-state index contributed by atoms with van der Waals surface area (Å²) in [6.07, 6.45) is 2.53. The van der Waals surface area contributed by atoms with Crippen LogP contribution in [-0.2, 0) is 6.54 Å². The third-order valence-corrected chi connectivity index (χ3v) is 3.49. The van der Waals surface area contributed by atoms with Gasteiger partial charge in [-0.15, -0.1) is 0 Å². The van der Waals surface area contributed by atoms with Crippen molar-refractivity contribution >= 4 is 17.3 Å². The van der Waals surface area contributed by atoms with Crippen LogP contribution < -0.4 is 5.32 Å². The van der Waals surface area contributed by atoms with Crippen LogP contribution in [0.15, 0.2) is 60.9 Å². The summed E-state index contributed by atoms with van der Waals surface area (Å²) in [4.78, 5) is 22.3. The van der Waals surface area contributed by atoms with Crippen molar-refractivity contribution < 1.29 is 14.1 Å². The van der Waals surface area contributed by atoms with E-state index in [1.807, 2.05) is 0 Å². The highest BCUT2D eigenvalue weighted by Crippen LogP contribution is 2.13. The molecule has 0 aliphatic carbocycles. The van der Waals surface area contributed by atoms with E-state index in [4.69, 9.17) is 0 Å². The normalized spacial score (nSPS) is 10.4. The predicted octanol–water partition coefficient (Wildman–Crippen LogP) is 3.23. The van der Waals surface area contributed by atoms with Crippen molar-refractivity contribution in [1.82, 2.24) is 9.78 Å². The van der Waals surface area contributed by atoms with Gasteiger partial charge >= 0.3 is 5.69 Å². The van der Waals surface area contributed by atoms with E-state index in [2.05, 4.69) is 10.4 Å². The van der Waals surface area contributed by atoms with Gasteiger partial charge in [0.2, 0.25) is 0 Å². The number of amides is 1. The fourth-order valence-electron chi connectivity index (χ4n) is 2.22. The maximum absolute atomic E-state index is 12.9. The Kier molecular flexibility index (Phi) is 4.51. The summed E-state index contributed by atoms with van der Waals surface area (Å²) in [7, 11) is 0. The molecule has 0 aliphatic heterocycles. The predicted molar refractivity (Wildman–Crippen MR) is 88.8 cm³/mol. The molecule has 0 fully saturated rings. The first-order valence-electron chi connectivity index (χ1n) is 7.34. The van der Waals surface area contributed by atoms with Gasteiger partial charge in [-0.2, -0.15) is 5.10 Å². The lowest BCUT2D eigenvalue weighted by molar-refractivity contribution is -0.385. The second-order valence-corrected chi connectivity index (χ2v) is 5.31. The highest BCUT2D eigenvalue weighted by atomic mass is 19.1. The van der Waals surface area contributed by atoms with Gasteiger partial charge in [0.05, 0.1) is 11.5 Å². The molecule has 1 amide bonds. The summed E-state index contributed by atoms with van der Waals surface area (Å²) in [6.45, 7) is 0.355. The van der Waals surface area contributed by atoms with Gasteiger partial charge in [0.25, 0.3) is 5.91 Å². The summed E-state index contributed by atoms with van der Waals surface area (Å²) in [6, 6.07) is 12.3. The third kappa shape index (κ3) is 4.05. The standard InChI is InChI=1S/C17H13FN4O3/c18-14-5-7-15(8-6-14)20-17(23)13-3-1-12(2-4-13)10-21-11-16(9-19-21)22(24)25/h1-9,11H,10H2,(H,20,23). The molecule has 0 saturated carbocycles. The number of nitro groups is 1. The number of rotatable bonds is 5. The van der Waals surface area contributed by atoms with E-state index in [-0.39, 0.29) is 17.4 Å². The monoisotopic (exact) mass is 340 g/mol. The summed E-state index contributed by atoms with van der Waals surface area (Å²) in [5.41, 5.74) is 1.71. The van der Waals surface area contributed by atoms with Crippen molar-refractivity contribution in [3.05, 3.63) is 88.0 Å². The Labute approximate surface area is 141 Å². The molecule has 7 nitrogen and oxygen atoms in total. The molecule has 2 aromatic carbocycles. The van der Waals surface area contributed by atoms with Crippen molar-refractivity contribution in [1.29, 1.82) is 0 Å². The molecule has 3 aromatic rings. The number of nitrogens with zero attached hydrogens (tertiary/aromatic N) is 3. The highest BCUT2D eigenvalue weighted by Gasteiger charge is 2.10. The zero-order valence-corrected chi connectivity index (χ0v) is 12.9. The average molecular weight is 340 g/mol. The number of carbonyl (C=O) groups is 1. The first kappa shape index (κ1) is 16.3. The minimum Gasteiger partial charge on any atom is -0.322 e. The topological polar surface area (TPSA) is 90.1 Å². The van der Waals surface area contributed by atoms with E-state index in [1.165, 1.54) is 41.3 Å². The zero-order chi connectivity index (χ0) is 17.8. The first-order chi connectivity index (χ1) is 12.0. The molecule has 1 heterocycles. The van der Waals surface area contributed by atoms with Crippen molar-refractivity contribution in [3.8, 4) is 0 Å². The number of halogens is 1. The largest absolute Gasteiger partial charge is 0.322 e. The van der Waals surface area contributed by atoms with E-state index in [0.29, 0.717) is 17.8 Å². The molecule has 0 bridgehead atoms. The number of hydrogen-bond donors (Lipinski definition) is 1. The Bertz CT molecular complexity index is 904. The summed E-state index contributed by atoms with van der Waals surface area (Å²) in [5.74, 6) is -0.686. The minimum atomic E-state index is -0.508. The number of benzene rings is 2.